The van der Waals surface area contributed by atoms with Gasteiger partial charge in [0.05, 0.1) is 11.4 Å². The van der Waals surface area contributed by atoms with E-state index in [1.54, 1.807) is 11.1 Å². The molecular weight excluding hydrogens is 350 g/mol. The first kappa shape index (κ1) is 16.5. The number of amidine groups is 1. The average molecular weight is 363 g/mol. The Balaban J connectivity index is 0.00000121. The molecule has 0 bridgehead atoms. The standard InChI is InChI=1S/C10H14N4S.ClH.Pd/c1-8(9-6-4-5-7-11-9)12-13-10(15)14(2)3;;/h4-7H,1-3H3,(H,13,15);1H;/q;;+2/p-2/b12-8+;;. The molecule has 0 fully saturated rings. The summed E-state index contributed by atoms with van der Waals surface area (Å²) < 4.78 is 0. The second-order valence-electron chi connectivity index (χ2n) is 3.18. The molecule has 1 rings (SSSR count). The van der Waals surface area contributed by atoms with Crippen LogP contribution in [-0.4, -0.2) is 34.9 Å². The van der Waals surface area contributed by atoms with Crippen molar-refractivity contribution in [1.29, 1.82) is 0 Å². The first-order chi connectivity index (χ1) is 8.11. The van der Waals surface area contributed by atoms with Gasteiger partial charge in [0.15, 0.2) is 0 Å². The molecule has 4 nitrogen and oxygen atoms in total. The van der Waals surface area contributed by atoms with Gasteiger partial charge in [-0.3, -0.25) is 4.98 Å². The number of hydrogen-bond donors (Lipinski definition) is 0. The van der Waals surface area contributed by atoms with E-state index in [0.717, 1.165) is 11.4 Å². The van der Waals surface area contributed by atoms with Crippen LogP contribution in [0.4, 0.5) is 0 Å². The molecular formula is C10H13ClN4PdS. The molecule has 1 aromatic heterocycles. The number of rotatable bonds is 2. The van der Waals surface area contributed by atoms with Crippen LogP contribution in [0.1, 0.15) is 12.6 Å². The maximum absolute atomic E-state index is 4.98. The molecule has 0 aliphatic heterocycles. The molecule has 1 aromatic rings. The van der Waals surface area contributed by atoms with E-state index in [1.807, 2.05) is 39.2 Å². The molecule has 0 spiro atoms. The Hall–Kier alpha value is -0.538. The van der Waals surface area contributed by atoms with Gasteiger partial charge in [-0.25, -0.2) is 0 Å². The minimum atomic E-state index is 0.449. The van der Waals surface area contributed by atoms with Crippen molar-refractivity contribution in [2.75, 3.05) is 14.1 Å². The predicted molar refractivity (Wildman–Crippen MR) is 70.8 cm³/mol. The van der Waals surface area contributed by atoms with Gasteiger partial charge in [0.25, 0.3) is 0 Å². The fourth-order valence-electron chi connectivity index (χ4n) is 0.835. The number of aromatic nitrogens is 1. The van der Waals surface area contributed by atoms with Crippen LogP contribution in [0.3, 0.4) is 0 Å². The first-order valence-electron chi connectivity index (χ1n) is 4.61. The molecule has 0 atom stereocenters. The number of nitrogens with zero attached hydrogens (tertiary/aromatic N) is 4. The van der Waals surface area contributed by atoms with Crippen LogP contribution in [-0.2, 0) is 30.8 Å². The first-order valence-corrected chi connectivity index (χ1v) is 7.02. The molecule has 0 aromatic carbocycles. The SMILES string of the molecule is C/C(=N\N=C(/[S-])N(C)C)c1ccccn1.[Cl][Pd+]. The van der Waals surface area contributed by atoms with Gasteiger partial charge in [0.2, 0.25) is 0 Å². The van der Waals surface area contributed by atoms with Crippen LogP contribution < -0.4 is 0 Å². The topological polar surface area (TPSA) is 40.9 Å². The Kier molecular flexibility index (Phi) is 9.19. The predicted octanol–water partition coefficient (Wildman–Crippen LogP) is 1.96. The summed E-state index contributed by atoms with van der Waals surface area (Å²) in [4.78, 5) is 5.88. The molecule has 0 aliphatic carbocycles. The van der Waals surface area contributed by atoms with E-state index in [1.165, 1.54) is 0 Å². The van der Waals surface area contributed by atoms with Crippen LogP contribution in [0.25, 0.3) is 0 Å². The van der Waals surface area contributed by atoms with E-state index in [4.69, 9.17) is 12.6 Å². The van der Waals surface area contributed by atoms with Crippen LogP contribution in [0.5, 0.6) is 0 Å². The van der Waals surface area contributed by atoms with Crippen LogP contribution in [0, 0.1) is 0 Å². The van der Waals surface area contributed by atoms with Gasteiger partial charge >= 0.3 is 27.7 Å². The number of halogens is 1. The molecule has 7 heteroatoms. The van der Waals surface area contributed by atoms with Crippen molar-refractivity contribution in [2.24, 2.45) is 10.2 Å². The Labute approximate surface area is 122 Å². The molecule has 0 saturated heterocycles. The Bertz CT molecular complexity index is 381. The third-order valence-corrected chi connectivity index (χ3v) is 2.15. The maximum atomic E-state index is 4.98. The molecule has 0 aliphatic rings. The monoisotopic (exact) mass is 362 g/mol. The van der Waals surface area contributed by atoms with Crippen molar-refractivity contribution in [3.8, 4) is 0 Å². The van der Waals surface area contributed by atoms with E-state index < -0.39 is 0 Å². The fraction of sp³-hybridized carbons (Fsp3) is 0.300. The molecule has 0 amide bonds. The van der Waals surface area contributed by atoms with E-state index >= 15 is 0 Å². The third-order valence-electron chi connectivity index (χ3n) is 1.70. The molecule has 0 saturated carbocycles. The molecule has 96 valence electrons. The summed E-state index contributed by atoms with van der Waals surface area (Å²) in [5, 5.41) is 8.37. The quantitative estimate of drug-likeness (QED) is 0.265. The van der Waals surface area contributed by atoms with E-state index in [2.05, 4.69) is 42.9 Å². The number of hydrogen-bond acceptors (Lipinski definition) is 4. The summed E-state index contributed by atoms with van der Waals surface area (Å²) in [5.41, 5.74) is 1.56. The number of pyridine rings is 1. The van der Waals surface area contributed by atoms with Crippen LogP contribution in [0.15, 0.2) is 34.6 Å². The Morgan fingerprint density at radius 3 is 2.47 bits per heavy atom. The zero-order valence-corrected chi connectivity index (χ0v) is 12.8. The van der Waals surface area contributed by atoms with Crippen molar-refractivity contribution < 1.29 is 18.2 Å². The fourth-order valence-corrected chi connectivity index (χ4v) is 0.876. The summed E-state index contributed by atoms with van der Waals surface area (Å²) >= 11 is 7.20. The molecule has 17 heavy (non-hydrogen) atoms. The Morgan fingerprint density at radius 2 is 2.00 bits per heavy atom. The summed E-state index contributed by atoms with van der Waals surface area (Å²) in [6.45, 7) is 1.85. The Morgan fingerprint density at radius 1 is 1.35 bits per heavy atom. The summed E-state index contributed by atoms with van der Waals surface area (Å²) in [5.74, 6) is 0. The molecule has 0 unspecified atom stereocenters. The average Bonchev–Trinajstić information content (AvgIpc) is 2.38. The summed E-state index contributed by atoms with van der Waals surface area (Å²) in [6.07, 6.45) is 1.72. The van der Waals surface area contributed by atoms with Gasteiger partial charge in [0.1, 0.15) is 0 Å². The van der Waals surface area contributed by atoms with Crippen molar-refractivity contribution in [3.63, 3.8) is 0 Å². The molecule has 0 N–H and O–H groups in total. The minimum absolute atomic E-state index is 0.449. The van der Waals surface area contributed by atoms with Gasteiger partial charge in [-0.1, -0.05) is 6.07 Å². The zero-order valence-electron chi connectivity index (χ0n) is 9.70. The zero-order chi connectivity index (χ0) is 13.3. The van der Waals surface area contributed by atoms with Crippen molar-refractivity contribution in [2.45, 2.75) is 6.92 Å². The summed E-state index contributed by atoms with van der Waals surface area (Å²) in [7, 11) is 8.15. The van der Waals surface area contributed by atoms with Crippen LogP contribution >= 0.6 is 9.53 Å². The van der Waals surface area contributed by atoms with Gasteiger partial charge in [-0.2, -0.15) is 10.2 Å². The summed E-state index contributed by atoms with van der Waals surface area (Å²) in [6, 6.07) is 5.65. The van der Waals surface area contributed by atoms with Crippen molar-refractivity contribution in [3.05, 3.63) is 30.1 Å². The van der Waals surface area contributed by atoms with E-state index in [0.29, 0.717) is 5.17 Å². The van der Waals surface area contributed by atoms with Gasteiger partial charge in [0, 0.05) is 25.5 Å². The van der Waals surface area contributed by atoms with E-state index in [9.17, 15) is 0 Å². The molecule has 1 heterocycles. The van der Waals surface area contributed by atoms with Crippen molar-refractivity contribution in [1.82, 2.24) is 9.88 Å². The van der Waals surface area contributed by atoms with Crippen molar-refractivity contribution >= 4 is 33.0 Å². The van der Waals surface area contributed by atoms with Gasteiger partial charge in [-0.05, 0) is 19.1 Å². The van der Waals surface area contributed by atoms with Gasteiger partial charge < -0.3 is 17.5 Å². The third kappa shape index (κ3) is 6.69. The normalized spacial score (nSPS) is 11.6. The van der Waals surface area contributed by atoms with Gasteiger partial charge in [-0.15, -0.1) is 0 Å². The van der Waals surface area contributed by atoms with E-state index in [-0.39, 0.29) is 0 Å². The second kappa shape index (κ2) is 9.49. The van der Waals surface area contributed by atoms with Crippen LogP contribution in [0.2, 0.25) is 0 Å². The molecule has 0 radical (unpaired) electrons. The second-order valence-corrected chi connectivity index (χ2v) is 3.54.